The van der Waals surface area contributed by atoms with Crippen LogP contribution >= 0.6 is 11.8 Å². The van der Waals surface area contributed by atoms with Crippen molar-refractivity contribution in [2.24, 2.45) is 0 Å². The largest absolute Gasteiger partial charge is 0.465 e. The second-order valence-electron chi connectivity index (χ2n) is 5.83. The fourth-order valence-corrected chi connectivity index (χ4v) is 2.78. The Kier molecular flexibility index (Phi) is 8.25. The van der Waals surface area contributed by atoms with E-state index in [1.165, 1.54) is 0 Å². The van der Waals surface area contributed by atoms with Gasteiger partial charge in [0.25, 0.3) is 0 Å². The Morgan fingerprint density at radius 3 is 2.43 bits per heavy atom. The van der Waals surface area contributed by atoms with Crippen LogP contribution in [-0.2, 0) is 14.3 Å². The topological polar surface area (TPSA) is 96.3 Å². The Hall–Kier alpha value is -3.11. The van der Waals surface area contributed by atoms with Crippen molar-refractivity contribution in [3.8, 4) is 6.07 Å². The summed E-state index contributed by atoms with van der Waals surface area (Å²) in [7, 11) is 0. The van der Waals surface area contributed by atoms with Gasteiger partial charge < -0.3 is 10.1 Å². The minimum absolute atomic E-state index is 0.0321. The first-order valence-electron chi connectivity index (χ1n) is 8.65. The number of Topliss-reactive ketones (excluding diaryl/α,β-unsaturated/α-hetero) is 1. The summed E-state index contributed by atoms with van der Waals surface area (Å²) in [6, 6.07) is 15.8. The Labute approximate surface area is 167 Å². The van der Waals surface area contributed by atoms with Crippen molar-refractivity contribution in [2.75, 3.05) is 18.2 Å². The normalized spacial score (nSPS) is 10.0. The van der Waals surface area contributed by atoms with E-state index in [-0.39, 0.29) is 37.6 Å². The summed E-state index contributed by atoms with van der Waals surface area (Å²) < 4.78 is 5.01. The zero-order valence-corrected chi connectivity index (χ0v) is 16.3. The molecule has 0 aliphatic heterocycles. The fourth-order valence-electron chi connectivity index (χ4n) is 2.37. The summed E-state index contributed by atoms with van der Waals surface area (Å²) in [6.07, 6.45) is 1.94. The molecule has 0 spiro atoms. The van der Waals surface area contributed by atoms with Gasteiger partial charge in [-0.15, -0.1) is 11.8 Å². The number of hydrogen-bond donors (Lipinski definition) is 1. The molecule has 6 nitrogen and oxygen atoms in total. The third-order valence-electron chi connectivity index (χ3n) is 3.88. The maximum absolute atomic E-state index is 12.1. The number of ketones is 1. The van der Waals surface area contributed by atoms with E-state index in [1.807, 2.05) is 24.5 Å². The van der Waals surface area contributed by atoms with Gasteiger partial charge in [0.2, 0.25) is 5.91 Å². The molecule has 0 bridgehead atoms. The Morgan fingerprint density at radius 1 is 1.04 bits per heavy atom. The Balaban J connectivity index is 1.70. The third kappa shape index (κ3) is 6.56. The number of nitrogens with one attached hydrogen (secondary N) is 1. The van der Waals surface area contributed by atoms with Crippen LogP contribution in [0.2, 0.25) is 0 Å². The van der Waals surface area contributed by atoms with E-state index in [0.29, 0.717) is 16.8 Å². The van der Waals surface area contributed by atoms with E-state index in [9.17, 15) is 14.4 Å². The third-order valence-corrected chi connectivity index (χ3v) is 4.63. The molecule has 0 atom stereocenters. The lowest BCUT2D eigenvalue weighted by molar-refractivity contribution is -0.144. The fraction of sp³-hybridized carbons (Fsp3) is 0.238. The first-order chi connectivity index (χ1) is 13.5. The molecule has 0 saturated carbocycles. The number of anilines is 1. The first kappa shape index (κ1) is 21.2. The van der Waals surface area contributed by atoms with Gasteiger partial charge >= 0.3 is 5.97 Å². The summed E-state index contributed by atoms with van der Waals surface area (Å²) in [4.78, 5) is 36.8. The highest BCUT2D eigenvalue weighted by Gasteiger charge is 2.12. The van der Waals surface area contributed by atoms with Crippen molar-refractivity contribution in [3.63, 3.8) is 0 Å². The first-order valence-corrected chi connectivity index (χ1v) is 9.88. The molecule has 0 aliphatic rings. The van der Waals surface area contributed by atoms with Crippen LogP contribution in [0.4, 0.5) is 5.69 Å². The molecule has 2 rings (SSSR count). The van der Waals surface area contributed by atoms with Crippen molar-refractivity contribution in [3.05, 3.63) is 59.7 Å². The van der Waals surface area contributed by atoms with Gasteiger partial charge in [-0.25, -0.2) is 0 Å². The van der Waals surface area contributed by atoms with Crippen LogP contribution in [0.25, 0.3) is 0 Å². The maximum atomic E-state index is 12.1. The highest BCUT2D eigenvalue weighted by molar-refractivity contribution is 7.98. The SMILES string of the molecule is CSc1ccc(C(=O)CCC(=O)OCCC(=O)Nc2ccccc2C#N)cc1. The van der Waals surface area contributed by atoms with Gasteiger partial charge in [-0.2, -0.15) is 5.26 Å². The number of thioether (sulfide) groups is 1. The Morgan fingerprint density at radius 2 is 1.75 bits per heavy atom. The van der Waals surface area contributed by atoms with Crippen molar-refractivity contribution in [1.82, 2.24) is 0 Å². The number of esters is 1. The van der Waals surface area contributed by atoms with Crippen LogP contribution in [0.5, 0.6) is 0 Å². The number of hydrogen-bond acceptors (Lipinski definition) is 6. The lowest BCUT2D eigenvalue weighted by Gasteiger charge is -2.07. The van der Waals surface area contributed by atoms with Crippen molar-refractivity contribution in [1.29, 1.82) is 5.26 Å². The minimum Gasteiger partial charge on any atom is -0.465 e. The molecule has 7 heteroatoms. The molecule has 2 aromatic carbocycles. The molecule has 0 aromatic heterocycles. The van der Waals surface area contributed by atoms with Gasteiger partial charge in [-0.3, -0.25) is 14.4 Å². The number of benzene rings is 2. The van der Waals surface area contributed by atoms with Crippen LogP contribution in [0.15, 0.2) is 53.4 Å². The van der Waals surface area contributed by atoms with E-state index < -0.39 is 5.97 Å². The predicted octanol–water partition coefficient (Wildman–Crippen LogP) is 3.82. The number of nitriles is 1. The molecule has 28 heavy (non-hydrogen) atoms. The highest BCUT2D eigenvalue weighted by atomic mass is 32.2. The van der Waals surface area contributed by atoms with Gasteiger partial charge in [0, 0.05) is 16.9 Å². The molecule has 1 N–H and O–H groups in total. The van der Waals surface area contributed by atoms with E-state index >= 15 is 0 Å². The average Bonchev–Trinajstić information content (AvgIpc) is 2.72. The minimum atomic E-state index is -0.528. The van der Waals surface area contributed by atoms with Crippen molar-refractivity contribution >= 4 is 35.1 Å². The molecule has 0 unspecified atom stereocenters. The number of carbonyl (C=O) groups is 3. The van der Waals surface area contributed by atoms with Gasteiger partial charge in [0.15, 0.2) is 5.78 Å². The zero-order chi connectivity index (χ0) is 20.4. The average molecular weight is 396 g/mol. The van der Waals surface area contributed by atoms with Crippen LogP contribution in [0.3, 0.4) is 0 Å². The van der Waals surface area contributed by atoms with Crippen molar-refractivity contribution < 1.29 is 19.1 Å². The summed E-state index contributed by atoms with van der Waals surface area (Å²) in [5, 5.41) is 11.6. The molecular weight excluding hydrogens is 376 g/mol. The smallest absolute Gasteiger partial charge is 0.306 e. The number of rotatable bonds is 9. The van der Waals surface area contributed by atoms with Gasteiger partial charge in [-0.1, -0.05) is 24.3 Å². The molecule has 0 heterocycles. The van der Waals surface area contributed by atoms with E-state index in [1.54, 1.807) is 48.2 Å². The van der Waals surface area contributed by atoms with Gasteiger partial charge in [0.1, 0.15) is 12.7 Å². The molecule has 0 saturated heterocycles. The summed E-state index contributed by atoms with van der Waals surface area (Å²) >= 11 is 1.59. The number of amides is 1. The standard InChI is InChI=1S/C21H20N2O4S/c1-28-17-8-6-15(7-9-17)19(24)10-11-21(26)27-13-12-20(25)23-18-5-3-2-4-16(18)14-22/h2-9H,10-13H2,1H3,(H,23,25). The van der Waals surface area contributed by atoms with Crippen LogP contribution < -0.4 is 5.32 Å². The van der Waals surface area contributed by atoms with Crippen molar-refractivity contribution in [2.45, 2.75) is 24.2 Å². The predicted molar refractivity (Wildman–Crippen MR) is 107 cm³/mol. The molecule has 1 amide bonds. The molecule has 144 valence electrons. The molecule has 0 aliphatic carbocycles. The Bertz CT molecular complexity index is 888. The summed E-state index contributed by atoms with van der Waals surface area (Å²) in [6.45, 7) is -0.0873. The molecule has 0 radical (unpaired) electrons. The van der Waals surface area contributed by atoms with E-state index in [4.69, 9.17) is 10.00 Å². The second-order valence-corrected chi connectivity index (χ2v) is 6.71. The number of para-hydroxylation sites is 1. The molecule has 2 aromatic rings. The maximum Gasteiger partial charge on any atom is 0.306 e. The lowest BCUT2D eigenvalue weighted by atomic mass is 10.1. The molecular formula is C21H20N2O4S. The molecule has 0 fully saturated rings. The van der Waals surface area contributed by atoms with Crippen LogP contribution in [-0.4, -0.2) is 30.5 Å². The van der Waals surface area contributed by atoms with Gasteiger partial charge in [-0.05, 0) is 30.5 Å². The van der Waals surface area contributed by atoms with Gasteiger partial charge in [0.05, 0.1) is 24.1 Å². The van der Waals surface area contributed by atoms with Crippen LogP contribution in [0.1, 0.15) is 35.2 Å². The van der Waals surface area contributed by atoms with E-state index in [0.717, 1.165) is 4.90 Å². The second kappa shape index (κ2) is 10.9. The number of ether oxygens (including phenoxy) is 1. The number of nitrogens with zero attached hydrogens (tertiary/aromatic N) is 1. The zero-order valence-electron chi connectivity index (χ0n) is 15.4. The van der Waals surface area contributed by atoms with E-state index in [2.05, 4.69) is 5.32 Å². The monoisotopic (exact) mass is 396 g/mol. The summed E-state index contributed by atoms with van der Waals surface area (Å²) in [5.41, 5.74) is 1.33. The lowest BCUT2D eigenvalue weighted by Crippen LogP contribution is -2.17. The highest BCUT2D eigenvalue weighted by Crippen LogP contribution is 2.16. The van der Waals surface area contributed by atoms with Crippen LogP contribution in [0, 0.1) is 11.3 Å². The summed E-state index contributed by atoms with van der Waals surface area (Å²) in [5.74, 6) is -1.02. The quantitative estimate of drug-likeness (QED) is 0.393. The number of carbonyl (C=O) groups excluding carboxylic acids is 3.